The predicted octanol–water partition coefficient (Wildman–Crippen LogP) is 0.479. The second kappa shape index (κ2) is 8.28. The largest absolute Gasteiger partial charge is 0.481 e. The lowest BCUT2D eigenvalue weighted by Crippen LogP contribution is -2.51. The van der Waals surface area contributed by atoms with Crippen molar-refractivity contribution in [2.45, 2.75) is 45.3 Å². The first-order valence-corrected chi connectivity index (χ1v) is 7.36. The molecule has 0 saturated heterocycles. The van der Waals surface area contributed by atoms with E-state index in [1.165, 1.54) is 6.92 Å². The fourth-order valence-electron chi connectivity index (χ4n) is 2.16. The van der Waals surface area contributed by atoms with Gasteiger partial charge in [0.25, 0.3) is 0 Å². The van der Waals surface area contributed by atoms with Crippen LogP contribution in [0.3, 0.4) is 0 Å². The van der Waals surface area contributed by atoms with Crippen LogP contribution in [0.15, 0.2) is 24.3 Å². The summed E-state index contributed by atoms with van der Waals surface area (Å²) in [5, 5.41) is 13.8. The van der Waals surface area contributed by atoms with Gasteiger partial charge in [-0.15, -0.1) is 0 Å². The zero-order valence-corrected chi connectivity index (χ0v) is 13.5. The lowest BCUT2D eigenvalue weighted by molar-refractivity contribution is -0.139. The minimum atomic E-state index is -1.18. The molecule has 23 heavy (non-hydrogen) atoms. The number of benzene rings is 1. The van der Waals surface area contributed by atoms with Crippen LogP contribution in [0.4, 0.5) is 0 Å². The Morgan fingerprint density at radius 3 is 2.30 bits per heavy atom. The zero-order chi connectivity index (χ0) is 17.6. The van der Waals surface area contributed by atoms with Gasteiger partial charge in [0, 0.05) is 0 Å². The molecule has 5 N–H and O–H groups in total. The Morgan fingerprint density at radius 2 is 1.74 bits per heavy atom. The van der Waals surface area contributed by atoms with E-state index < -0.39 is 30.4 Å². The molecule has 126 valence electrons. The van der Waals surface area contributed by atoms with Crippen molar-refractivity contribution < 1.29 is 19.5 Å². The highest BCUT2D eigenvalue weighted by Gasteiger charge is 2.23. The molecule has 0 aliphatic rings. The van der Waals surface area contributed by atoms with Crippen molar-refractivity contribution >= 4 is 17.8 Å². The molecule has 0 aromatic heterocycles. The molecule has 0 saturated carbocycles. The second-order valence-corrected chi connectivity index (χ2v) is 5.52. The predicted molar refractivity (Wildman–Crippen MR) is 85.6 cm³/mol. The van der Waals surface area contributed by atoms with Crippen LogP contribution in [-0.2, 0) is 14.4 Å². The number of aryl methyl sites for hydroxylation is 1. The van der Waals surface area contributed by atoms with Crippen LogP contribution in [0.2, 0.25) is 0 Å². The highest BCUT2D eigenvalue weighted by atomic mass is 16.4. The number of carboxylic acids is 1. The van der Waals surface area contributed by atoms with E-state index in [-0.39, 0.29) is 11.9 Å². The summed E-state index contributed by atoms with van der Waals surface area (Å²) in [6.45, 7) is 5.32. The fourth-order valence-corrected chi connectivity index (χ4v) is 2.16. The second-order valence-electron chi connectivity index (χ2n) is 5.52. The lowest BCUT2D eigenvalue weighted by atomic mass is 10.0. The quantitative estimate of drug-likeness (QED) is 0.582. The van der Waals surface area contributed by atoms with Crippen LogP contribution in [0.25, 0.3) is 0 Å². The van der Waals surface area contributed by atoms with Gasteiger partial charge in [0.2, 0.25) is 11.8 Å². The molecule has 2 amide bonds. The van der Waals surface area contributed by atoms with Crippen LogP contribution in [0, 0.1) is 6.92 Å². The van der Waals surface area contributed by atoms with Crippen molar-refractivity contribution in [3.63, 3.8) is 0 Å². The molecule has 1 rings (SSSR count). The molecule has 0 unspecified atom stereocenters. The zero-order valence-electron chi connectivity index (χ0n) is 13.5. The Balaban J connectivity index is 2.58. The number of amides is 2. The van der Waals surface area contributed by atoms with E-state index in [0.717, 1.165) is 11.1 Å². The summed E-state index contributed by atoms with van der Waals surface area (Å²) in [4.78, 5) is 34.4. The molecule has 7 heteroatoms. The Labute approximate surface area is 135 Å². The number of nitrogens with one attached hydrogen (secondary N) is 2. The van der Waals surface area contributed by atoms with Gasteiger partial charge in [-0.1, -0.05) is 24.3 Å². The third-order valence-electron chi connectivity index (χ3n) is 3.50. The van der Waals surface area contributed by atoms with Crippen molar-refractivity contribution in [2.75, 3.05) is 0 Å². The molecule has 1 aromatic carbocycles. The first-order valence-electron chi connectivity index (χ1n) is 7.36. The Kier molecular flexibility index (Phi) is 6.71. The van der Waals surface area contributed by atoms with Gasteiger partial charge in [0.1, 0.15) is 6.04 Å². The normalized spacial score (nSPS) is 14.4. The summed E-state index contributed by atoms with van der Waals surface area (Å²) in [5.41, 5.74) is 7.50. The highest BCUT2D eigenvalue weighted by Crippen LogP contribution is 2.16. The minimum Gasteiger partial charge on any atom is -0.481 e. The average molecular weight is 321 g/mol. The smallest absolute Gasteiger partial charge is 0.305 e. The maximum absolute atomic E-state index is 12.1. The number of hydrogen-bond donors (Lipinski definition) is 4. The van der Waals surface area contributed by atoms with E-state index in [0.29, 0.717) is 0 Å². The van der Waals surface area contributed by atoms with Gasteiger partial charge in [-0.05, 0) is 31.9 Å². The molecular formula is C16H23N3O4. The summed E-state index contributed by atoms with van der Waals surface area (Å²) >= 11 is 0. The number of carbonyl (C=O) groups is 3. The topological polar surface area (TPSA) is 122 Å². The van der Waals surface area contributed by atoms with Gasteiger partial charge in [-0.3, -0.25) is 14.4 Å². The van der Waals surface area contributed by atoms with Crippen LogP contribution in [0.1, 0.15) is 37.4 Å². The van der Waals surface area contributed by atoms with Gasteiger partial charge in [0.15, 0.2) is 0 Å². The Bertz CT molecular complexity index is 588. The van der Waals surface area contributed by atoms with Crippen molar-refractivity contribution in [1.82, 2.24) is 10.6 Å². The number of carboxylic acid groups (broad SMARTS) is 1. The Hall–Kier alpha value is -2.41. The molecule has 0 radical (unpaired) electrons. The van der Waals surface area contributed by atoms with E-state index in [2.05, 4.69) is 10.6 Å². The standard InChI is InChI=1S/C16H23N3O4/c1-9-6-4-5-7-12(9)10(2)18-15(22)11(3)19-16(23)13(17)8-14(20)21/h4-7,10-11,13H,8,17H2,1-3H3,(H,18,22)(H,19,23)(H,20,21)/t10-,11+,13-/m0/s1. The maximum Gasteiger partial charge on any atom is 0.305 e. The van der Waals surface area contributed by atoms with Crippen molar-refractivity contribution in [3.05, 3.63) is 35.4 Å². The van der Waals surface area contributed by atoms with Gasteiger partial charge in [-0.25, -0.2) is 0 Å². The van der Waals surface area contributed by atoms with Gasteiger partial charge >= 0.3 is 5.97 Å². The molecule has 0 bridgehead atoms. The molecular weight excluding hydrogens is 298 g/mol. The van der Waals surface area contributed by atoms with Crippen LogP contribution in [-0.4, -0.2) is 35.0 Å². The molecule has 0 aliphatic heterocycles. The van der Waals surface area contributed by atoms with E-state index in [4.69, 9.17) is 10.8 Å². The number of hydrogen-bond acceptors (Lipinski definition) is 4. The molecule has 7 nitrogen and oxygen atoms in total. The fraction of sp³-hybridized carbons (Fsp3) is 0.438. The van der Waals surface area contributed by atoms with E-state index >= 15 is 0 Å². The number of rotatable bonds is 7. The van der Waals surface area contributed by atoms with E-state index in [1.54, 1.807) is 0 Å². The Morgan fingerprint density at radius 1 is 1.13 bits per heavy atom. The number of carbonyl (C=O) groups excluding carboxylic acids is 2. The summed E-state index contributed by atoms with van der Waals surface area (Å²) in [6.07, 6.45) is -0.486. The summed E-state index contributed by atoms with van der Waals surface area (Å²) < 4.78 is 0. The molecule has 0 spiro atoms. The monoisotopic (exact) mass is 321 g/mol. The maximum atomic E-state index is 12.1. The van der Waals surface area contributed by atoms with Crippen molar-refractivity contribution in [1.29, 1.82) is 0 Å². The van der Waals surface area contributed by atoms with Crippen molar-refractivity contribution in [3.8, 4) is 0 Å². The number of aliphatic carboxylic acids is 1. The SMILES string of the molecule is Cc1ccccc1[C@H](C)NC(=O)[C@@H](C)NC(=O)[C@@H](N)CC(=O)O. The van der Waals surface area contributed by atoms with E-state index in [9.17, 15) is 14.4 Å². The van der Waals surface area contributed by atoms with Gasteiger partial charge < -0.3 is 21.5 Å². The molecule has 0 aliphatic carbocycles. The lowest BCUT2D eigenvalue weighted by Gasteiger charge is -2.21. The molecule has 1 aromatic rings. The first-order chi connectivity index (χ1) is 10.7. The van der Waals surface area contributed by atoms with Crippen LogP contribution >= 0.6 is 0 Å². The van der Waals surface area contributed by atoms with Gasteiger partial charge in [-0.2, -0.15) is 0 Å². The highest BCUT2D eigenvalue weighted by molar-refractivity contribution is 5.91. The number of nitrogens with two attached hydrogens (primary N) is 1. The summed E-state index contributed by atoms with van der Waals surface area (Å²) in [7, 11) is 0. The van der Waals surface area contributed by atoms with Crippen LogP contribution < -0.4 is 16.4 Å². The van der Waals surface area contributed by atoms with Crippen molar-refractivity contribution in [2.24, 2.45) is 5.73 Å². The summed E-state index contributed by atoms with van der Waals surface area (Å²) in [6, 6.07) is 5.47. The summed E-state index contributed by atoms with van der Waals surface area (Å²) in [5.74, 6) is -2.20. The molecule has 0 fully saturated rings. The average Bonchev–Trinajstić information content (AvgIpc) is 2.46. The van der Waals surface area contributed by atoms with Crippen LogP contribution in [0.5, 0.6) is 0 Å². The first kappa shape index (κ1) is 18.6. The van der Waals surface area contributed by atoms with E-state index in [1.807, 2.05) is 38.1 Å². The third-order valence-corrected chi connectivity index (χ3v) is 3.50. The third kappa shape index (κ3) is 5.71. The molecule has 0 heterocycles. The minimum absolute atomic E-state index is 0.212. The molecule has 3 atom stereocenters. The van der Waals surface area contributed by atoms with Gasteiger partial charge in [0.05, 0.1) is 18.5 Å².